The number of para-hydroxylation sites is 2. The van der Waals surface area contributed by atoms with Crippen molar-refractivity contribution in [1.29, 1.82) is 0 Å². The van der Waals surface area contributed by atoms with Crippen LogP contribution in [0.3, 0.4) is 0 Å². The lowest BCUT2D eigenvalue weighted by Gasteiger charge is -2.33. The highest BCUT2D eigenvalue weighted by Crippen LogP contribution is 2.29. The monoisotopic (exact) mass is 368 g/mol. The zero-order chi connectivity index (χ0) is 18.1. The molecule has 6 heteroatoms. The summed E-state index contributed by atoms with van der Waals surface area (Å²) >= 11 is 5.50. The summed E-state index contributed by atoms with van der Waals surface area (Å²) in [4.78, 5) is 6.99. The second-order valence-electron chi connectivity index (χ2n) is 6.72. The second-order valence-corrected chi connectivity index (χ2v) is 7.11. The van der Waals surface area contributed by atoms with E-state index in [0.29, 0.717) is 16.7 Å². The number of nitrogens with one attached hydrogen (secondary N) is 1. The van der Waals surface area contributed by atoms with E-state index in [2.05, 4.69) is 34.0 Å². The average molecular weight is 368 g/mol. The number of hydrogen-bond donors (Lipinski definition) is 1. The molecular formula is C20H21FN4S. The highest BCUT2D eigenvalue weighted by atomic mass is 32.1. The molecule has 3 aromatic rings. The first-order chi connectivity index (χ1) is 12.6. The molecule has 0 spiro atoms. The Morgan fingerprint density at radius 2 is 1.92 bits per heavy atom. The molecule has 1 aliphatic heterocycles. The number of fused-ring (bicyclic) bond motifs is 1. The highest BCUT2D eigenvalue weighted by molar-refractivity contribution is 7.80. The standard InChI is InChI=1S/C20H21FN4S/c1-24-18-8-3-2-7-17(18)23-19(24)14-9-11-25(12-10-14)20(26)22-16-6-4-5-15(21)13-16/h2-8,13-14H,9-12H2,1H3,(H,22,26). The molecule has 1 aliphatic rings. The van der Waals surface area contributed by atoms with E-state index in [9.17, 15) is 4.39 Å². The van der Waals surface area contributed by atoms with Crippen molar-refractivity contribution < 1.29 is 4.39 Å². The van der Waals surface area contributed by atoms with Crippen LogP contribution < -0.4 is 5.32 Å². The molecule has 0 radical (unpaired) electrons. The Morgan fingerprint density at radius 3 is 2.65 bits per heavy atom. The van der Waals surface area contributed by atoms with Gasteiger partial charge in [-0.25, -0.2) is 9.37 Å². The quantitative estimate of drug-likeness (QED) is 0.684. The SMILES string of the molecule is Cn1c(C2CCN(C(=S)Nc3cccc(F)c3)CC2)nc2ccccc21. The topological polar surface area (TPSA) is 33.1 Å². The molecule has 4 nitrogen and oxygen atoms in total. The molecule has 0 amide bonds. The van der Waals surface area contributed by atoms with Crippen LogP contribution in [0.5, 0.6) is 0 Å². The van der Waals surface area contributed by atoms with Gasteiger partial charge in [-0.05, 0) is 55.4 Å². The fourth-order valence-corrected chi connectivity index (χ4v) is 3.94. The van der Waals surface area contributed by atoms with E-state index in [1.165, 1.54) is 17.6 Å². The number of anilines is 1. The van der Waals surface area contributed by atoms with Crippen molar-refractivity contribution in [1.82, 2.24) is 14.5 Å². The van der Waals surface area contributed by atoms with Gasteiger partial charge in [0.1, 0.15) is 11.6 Å². The molecule has 1 fully saturated rings. The Balaban J connectivity index is 1.42. The molecule has 0 saturated carbocycles. The summed E-state index contributed by atoms with van der Waals surface area (Å²) in [6.45, 7) is 1.74. The van der Waals surface area contributed by atoms with Crippen LogP contribution in [-0.4, -0.2) is 32.7 Å². The number of piperidine rings is 1. The van der Waals surface area contributed by atoms with Crippen molar-refractivity contribution >= 4 is 34.1 Å². The van der Waals surface area contributed by atoms with Gasteiger partial charge in [0, 0.05) is 31.7 Å². The largest absolute Gasteiger partial charge is 0.349 e. The van der Waals surface area contributed by atoms with Crippen LogP contribution in [0.15, 0.2) is 48.5 Å². The Bertz CT molecular complexity index is 944. The van der Waals surface area contributed by atoms with Crippen LogP contribution >= 0.6 is 12.2 Å². The number of thiocarbonyl (C=S) groups is 1. The van der Waals surface area contributed by atoms with Crippen LogP contribution in [-0.2, 0) is 7.05 Å². The zero-order valence-electron chi connectivity index (χ0n) is 14.7. The molecule has 2 aromatic carbocycles. The lowest BCUT2D eigenvalue weighted by molar-refractivity contribution is 0.308. The molecule has 1 N–H and O–H groups in total. The fourth-order valence-electron chi connectivity index (χ4n) is 3.64. The van der Waals surface area contributed by atoms with E-state index in [1.807, 2.05) is 18.2 Å². The van der Waals surface area contributed by atoms with Crippen molar-refractivity contribution in [2.45, 2.75) is 18.8 Å². The molecule has 0 bridgehead atoms. The van der Waals surface area contributed by atoms with Gasteiger partial charge in [0.15, 0.2) is 5.11 Å². The van der Waals surface area contributed by atoms with Gasteiger partial charge in [-0.1, -0.05) is 18.2 Å². The highest BCUT2D eigenvalue weighted by Gasteiger charge is 2.25. The maximum atomic E-state index is 13.3. The van der Waals surface area contributed by atoms with E-state index in [0.717, 1.165) is 37.3 Å². The van der Waals surface area contributed by atoms with E-state index in [-0.39, 0.29) is 5.82 Å². The summed E-state index contributed by atoms with van der Waals surface area (Å²) in [7, 11) is 2.09. The Hall–Kier alpha value is -2.47. The van der Waals surface area contributed by atoms with Crippen LogP contribution in [0.2, 0.25) is 0 Å². The van der Waals surface area contributed by atoms with Crippen LogP contribution in [0.4, 0.5) is 10.1 Å². The van der Waals surface area contributed by atoms with Crippen molar-refractivity contribution in [2.24, 2.45) is 7.05 Å². The average Bonchev–Trinajstić information content (AvgIpc) is 2.99. The van der Waals surface area contributed by atoms with Crippen LogP contribution in [0.25, 0.3) is 11.0 Å². The summed E-state index contributed by atoms with van der Waals surface area (Å²) in [6, 6.07) is 14.6. The van der Waals surface area contributed by atoms with Gasteiger partial charge in [-0.15, -0.1) is 0 Å². The molecule has 0 atom stereocenters. The predicted molar refractivity (Wildman–Crippen MR) is 107 cm³/mol. The van der Waals surface area contributed by atoms with E-state index in [1.54, 1.807) is 6.07 Å². The first-order valence-corrected chi connectivity index (χ1v) is 9.25. The van der Waals surface area contributed by atoms with Crippen LogP contribution in [0.1, 0.15) is 24.6 Å². The number of hydrogen-bond acceptors (Lipinski definition) is 2. The smallest absolute Gasteiger partial charge is 0.173 e. The molecule has 2 heterocycles. The Kier molecular flexibility index (Phi) is 4.59. The lowest BCUT2D eigenvalue weighted by Crippen LogP contribution is -2.40. The zero-order valence-corrected chi connectivity index (χ0v) is 15.5. The molecule has 134 valence electrons. The van der Waals surface area contributed by atoms with Gasteiger partial charge in [-0.2, -0.15) is 0 Å². The summed E-state index contributed by atoms with van der Waals surface area (Å²) in [6.07, 6.45) is 2.00. The van der Waals surface area contributed by atoms with Gasteiger partial charge in [-0.3, -0.25) is 0 Å². The summed E-state index contributed by atoms with van der Waals surface area (Å²) in [5, 5.41) is 3.79. The van der Waals surface area contributed by atoms with E-state index in [4.69, 9.17) is 17.2 Å². The number of imidazole rings is 1. The third-order valence-electron chi connectivity index (χ3n) is 5.04. The molecule has 1 aromatic heterocycles. The van der Waals surface area contributed by atoms with Crippen molar-refractivity contribution in [3.63, 3.8) is 0 Å². The molecule has 4 rings (SSSR count). The summed E-state index contributed by atoms with van der Waals surface area (Å²) in [5.74, 6) is 1.31. The number of likely N-dealkylation sites (tertiary alicyclic amines) is 1. The number of aryl methyl sites for hydroxylation is 1. The molecule has 0 aliphatic carbocycles. The second kappa shape index (κ2) is 7.03. The van der Waals surface area contributed by atoms with Gasteiger partial charge >= 0.3 is 0 Å². The molecule has 0 unspecified atom stereocenters. The Morgan fingerprint density at radius 1 is 1.15 bits per heavy atom. The Labute approximate surface area is 157 Å². The lowest BCUT2D eigenvalue weighted by atomic mass is 9.96. The number of rotatable bonds is 2. The van der Waals surface area contributed by atoms with Gasteiger partial charge < -0.3 is 14.8 Å². The third kappa shape index (κ3) is 3.29. The minimum absolute atomic E-state index is 0.265. The molecule has 1 saturated heterocycles. The van der Waals surface area contributed by atoms with Gasteiger partial charge in [0.25, 0.3) is 0 Å². The number of nitrogens with zero attached hydrogens (tertiary/aromatic N) is 3. The maximum absolute atomic E-state index is 13.3. The van der Waals surface area contributed by atoms with Crippen molar-refractivity contribution in [3.05, 3.63) is 60.2 Å². The first-order valence-electron chi connectivity index (χ1n) is 8.84. The van der Waals surface area contributed by atoms with Crippen molar-refractivity contribution in [3.8, 4) is 0 Å². The normalized spacial score (nSPS) is 15.4. The fraction of sp³-hybridized carbons (Fsp3) is 0.300. The number of halogens is 1. The van der Waals surface area contributed by atoms with Crippen molar-refractivity contribution in [2.75, 3.05) is 18.4 Å². The minimum Gasteiger partial charge on any atom is -0.349 e. The molecular weight excluding hydrogens is 347 g/mol. The predicted octanol–water partition coefficient (Wildman–Crippen LogP) is 4.29. The van der Waals surface area contributed by atoms with E-state index < -0.39 is 0 Å². The summed E-state index contributed by atoms with van der Waals surface area (Å²) in [5.41, 5.74) is 2.91. The molecule has 26 heavy (non-hydrogen) atoms. The number of aromatic nitrogens is 2. The van der Waals surface area contributed by atoms with E-state index >= 15 is 0 Å². The summed E-state index contributed by atoms with van der Waals surface area (Å²) < 4.78 is 15.5. The van der Waals surface area contributed by atoms with Crippen LogP contribution in [0, 0.1) is 5.82 Å². The number of benzene rings is 2. The first kappa shape index (κ1) is 17.0. The maximum Gasteiger partial charge on any atom is 0.173 e. The third-order valence-corrected chi connectivity index (χ3v) is 5.41. The van der Waals surface area contributed by atoms with Gasteiger partial charge in [0.2, 0.25) is 0 Å². The minimum atomic E-state index is -0.265. The van der Waals surface area contributed by atoms with Gasteiger partial charge in [0.05, 0.1) is 11.0 Å².